The van der Waals surface area contributed by atoms with Gasteiger partial charge in [0, 0.05) is 46.3 Å². The summed E-state index contributed by atoms with van der Waals surface area (Å²) in [6.45, 7) is 1.97. The minimum atomic E-state index is -0.858. The van der Waals surface area contributed by atoms with Crippen LogP contribution in [0.3, 0.4) is 0 Å². The first-order valence-corrected chi connectivity index (χ1v) is 9.87. The van der Waals surface area contributed by atoms with E-state index in [2.05, 4.69) is 25.9 Å². The maximum atomic E-state index is 11.2. The summed E-state index contributed by atoms with van der Waals surface area (Å²) in [5.41, 5.74) is 4.33. The Labute approximate surface area is 175 Å². The molecule has 6 nitrogen and oxygen atoms in total. The number of pyridine rings is 1. The predicted molar refractivity (Wildman–Crippen MR) is 110 cm³/mol. The molecule has 0 aliphatic carbocycles. The lowest BCUT2D eigenvalue weighted by atomic mass is 10.0. The molecule has 1 aromatic carbocycles. The SMILES string of the molecule is Cc1cnc2n1-c1cc(Br)c(Cl)cc1C(c1ccncc1)=N[C@H]2CCC(=O)O. The maximum absolute atomic E-state index is 11.2. The number of aromatic nitrogens is 3. The smallest absolute Gasteiger partial charge is 0.303 e. The van der Waals surface area contributed by atoms with Crippen LogP contribution in [0.5, 0.6) is 0 Å². The summed E-state index contributed by atoms with van der Waals surface area (Å²) in [7, 11) is 0. The fourth-order valence-electron chi connectivity index (χ4n) is 3.39. The Morgan fingerprint density at radius 1 is 1.32 bits per heavy atom. The molecule has 0 saturated heterocycles. The van der Waals surface area contributed by atoms with Crippen molar-refractivity contribution >= 4 is 39.2 Å². The van der Waals surface area contributed by atoms with Gasteiger partial charge < -0.3 is 5.11 Å². The van der Waals surface area contributed by atoms with E-state index in [9.17, 15) is 9.90 Å². The predicted octanol–water partition coefficient (Wildman–Crippen LogP) is 4.75. The number of benzene rings is 1. The van der Waals surface area contributed by atoms with Crippen LogP contribution in [-0.2, 0) is 4.79 Å². The molecule has 0 radical (unpaired) electrons. The van der Waals surface area contributed by atoms with Gasteiger partial charge in [0.2, 0.25) is 0 Å². The second-order valence-electron chi connectivity index (χ2n) is 6.54. The summed E-state index contributed by atoms with van der Waals surface area (Å²) in [6, 6.07) is 7.20. The van der Waals surface area contributed by atoms with Crippen molar-refractivity contribution in [2.75, 3.05) is 0 Å². The molecule has 1 N–H and O–H groups in total. The highest BCUT2D eigenvalue weighted by Crippen LogP contribution is 2.37. The van der Waals surface area contributed by atoms with Crippen molar-refractivity contribution in [2.45, 2.75) is 25.8 Å². The molecule has 0 fully saturated rings. The van der Waals surface area contributed by atoms with Gasteiger partial charge in [-0.2, -0.15) is 0 Å². The van der Waals surface area contributed by atoms with E-state index < -0.39 is 12.0 Å². The van der Waals surface area contributed by atoms with Crippen LogP contribution in [0.1, 0.15) is 41.5 Å². The van der Waals surface area contributed by atoms with Crippen molar-refractivity contribution in [3.8, 4) is 5.69 Å². The largest absolute Gasteiger partial charge is 0.481 e. The number of halogens is 2. The number of hydrogen-bond acceptors (Lipinski definition) is 4. The molecule has 3 heterocycles. The summed E-state index contributed by atoms with van der Waals surface area (Å²) in [5, 5.41) is 9.76. The van der Waals surface area contributed by atoms with Crippen molar-refractivity contribution in [3.63, 3.8) is 0 Å². The summed E-state index contributed by atoms with van der Waals surface area (Å²) < 4.78 is 2.80. The topological polar surface area (TPSA) is 80.4 Å². The van der Waals surface area contributed by atoms with Crippen molar-refractivity contribution in [2.24, 2.45) is 4.99 Å². The van der Waals surface area contributed by atoms with Gasteiger partial charge in [0.25, 0.3) is 0 Å². The fraction of sp³-hybridized carbons (Fsp3) is 0.200. The van der Waals surface area contributed by atoms with Crippen LogP contribution in [0.2, 0.25) is 5.02 Å². The monoisotopic (exact) mass is 458 g/mol. The number of rotatable bonds is 4. The van der Waals surface area contributed by atoms with Crippen molar-refractivity contribution in [1.29, 1.82) is 0 Å². The van der Waals surface area contributed by atoms with Crippen molar-refractivity contribution in [1.82, 2.24) is 14.5 Å². The highest BCUT2D eigenvalue weighted by molar-refractivity contribution is 9.10. The third-order valence-corrected chi connectivity index (χ3v) is 5.87. The Hall–Kier alpha value is -2.51. The summed E-state index contributed by atoms with van der Waals surface area (Å²) in [6.07, 6.45) is 5.55. The van der Waals surface area contributed by atoms with Gasteiger partial charge in [-0.05, 0) is 53.5 Å². The molecule has 1 aliphatic heterocycles. The van der Waals surface area contributed by atoms with E-state index in [0.717, 1.165) is 38.5 Å². The Morgan fingerprint density at radius 3 is 2.79 bits per heavy atom. The van der Waals surface area contributed by atoms with E-state index in [1.54, 1.807) is 18.6 Å². The molecule has 2 aromatic heterocycles. The van der Waals surface area contributed by atoms with Crippen molar-refractivity contribution in [3.05, 3.63) is 75.0 Å². The molecular formula is C20H16BrClN4O2. The highest BCUT2D eigenvalue weighted by atomic mass is 79.9. The zero-order valence-corrected chi connectivity index (χ0v) is 17.3. The number of carboxylic acids is 1. The quantitative estimate of drug-likeness (QED) is 0.610. The Balaban J connectivity index is 2.00. The second-order valence-corrected chi connectivity index (χ2v) is 7.80. The van der Waals surface area contributed by atoms with Crippen LogP contribution >= 0.6 is 27.5 Å². The molecule has 3 aromatic rings. The van der Waals surface area contributed by atoms with Gasteiger partial charge in [0.05, 0.1) is 16.4 Å². The summed E-state index contributed by atoms with van der Waals surface area (Å²) in [5.74, 6) is -0.138. The van der Waals surface area contributed by atoms with E-state index >= 15 is 0 Å². The molecule has 0 bridgehead atoms. The van der Waals surface area contributed by atoms with E-state index in [-0.39, 0.29) is 6.42 Å². The number of hydrogen-bond donors (Lipinski definition) is 1. The second kappa shape index (κ2) is 7.48. The first kappa shape index (κ1) is 18.8. The van der Waals surface area contributed by atoms with E-state index in [0.29, 0.717) is 11.4 Å². The van der Waals surface area contributed by atoms with E-state index in [4.69, 9.17) is 16.6 Å². The molecule has 0 amide bonds. The molecule has 0 unspecified atom stereocenters. The molecule has 1 atom stereocenters. The fourth-order valence-corrected chi connectivity index (χ4v) is 3.89. The molecule has 0 spiro atoms. The Kier molecular flexibility index (Phi) is 5.03. The van der Waals surface area contributed by atoms with Gasteiger partial charge >= 0.3 is 5.97 Å². The van der Waals surface area contributed by atoms with Crippen LogP contribution in [0, 0.1) is 6.92 Å². The summed E-state index contributed by atoms with van der Waals surface area (Å²) in [4.78, 5) is 24.8. The summed E-state index contributed by atoms with van der Waals surface area (Å²) >= 11 is 9.93. The number of carboxylic acid groups (broad SMARTS) is 1. The number of imidazole rings is 1. The first-order chi connectivity index (χ1) is 13.5. The molecule has 28 heavy (non-hydrogen) atoms. The Bertz CT molecular complexity index is 1100. The van der Waals surface area contributed by atoms with Crippen molar-refractivity contribution < 1.29 is 9.90 Å². The Morgan fingerprint density at radius 2 is 2.07 bits per heavy atom. The van der Waals surface area contributed by atoms with Crippen LogP contribution in [0.25, 0.3) is 5.69 Å². The van der Waals surface area contributed by atoms with Crippen LogP contribution < -0.4 is 0 Å². The molecule has 4 rings (SSSR count). The van der Waals surface area contributed by atoms with Gasteiger partial charge in [0.1, 0.15) is 11.9 Å². The number of aliphatic imine (C=N–C) groups is 1. The van der Waals surface area contributed by atoms with Gasteiger partial charge in [-0.1, -0.05) is 11.6 Å². The number of fused-ring (bicyclic) bond motifs is 3. The molecule has 8 heteroatoms. The lowest BCUT2D eigenvalue weighted by Gasteiger charge is -2.15. The number of carbonyl (C=O) groups is 1. The van der Waals surface area contributed by atoms with Gasteiger partial charge in [-0.3, -0.25) is 19.3 Å². The van der Waals surface area contributed by atoms with Gasteiger partial charge in [0.15, 0.2) is 0 Å². The number of aliphatic carboxylic acids is 1. The van der Waals surface area contributed by atoms with Crippen LogP contribution in [-0.4, -0.2) is 31.3 Å². The number of aryl methyl sites for hydroxylation is 1. The number of nitrogens with zero attached hydrogens (tertiary/aromatic N) is 4. The third-order valence-electron chi connectivity index (χ3n) is 4.67. The van der Waals surface area contributed by atoms with Gasteiger partial charge in [-0.15, -0.1) is 0 Å². The molecule has 1 aliphatic rings. The molecular weight excluding hydrogens is 444 g/mol. The van der Waals surface area contributed by atoms with E-state index in [1.165, 1.54) is 0 Å². The third kappa shape index (κ3) is 3.36. The average molecular weight is 460 g/mol. The first-order valence-electron chi connectivity index (χ1n) is 8.69. The minimum Gasteiger partial charge on any atom is -0.481 e. The minimum absolute atomic E-state index is 0.00446. The molecule has 142 valence electrons. The van der Waals surface area contributed by atoms with Gasteiger partial charge in [-0.25, -0.2) is 4.98 Å². The van der Waals surface area contributed by atoms with E-state index in [1.807, 2.05) is 35.8 Å². The lowest BCUT2D eigenvalue weighted by Crippen LogP contribution is -2.08. The maximum Gasteiger partial charge on any atom is 0.303 e. The zero-order valence-electron chi connectivity index (χ0n) is 14.9. The highest BCUT2D eigenvalue weighted by Gasteiger charge is 2.28. The normalized spacial score (nSPS) is 15.4. The lowest BCUT2D eigenvalue weighted by molar-refractivity contribution is -0.137. The standard InChI is InChI=1S/C20H16BrClN4O2/c1-11-10-24-20-16(2-3-18(27)28)25-19(12-4-6-23-7-5-12)13-8-15(22)14(21)9-17(13)26(11)20/h4-10,16H,2-3H2,1H3,(H,27,28)/t16-/m0/s1. The average Bonchev–Trinajstić information content (AvgIpc) is 2.99. The zero-order chi connectivity index (χ0) is 19.8. The molecule has 0 saturated carbocycles. The van der Waals surface area contributed by atoms with Crippen LogP contribution in [0.4, 0.5) is 0 Å². The van der Waals surface area contributed by atoms with Crippen LogP contribution in [0.15, 0.2) is 52.3 Å².